The molecule has 1 saturated heterocycles. The molecule has 1 aliphatic heterocycles. The first kappa shape index (κ1) is 23.6. The van der Waals surface area contributed by atoms with Gasteiger partial charge < -0.3 is 19.7 Å². The van der Waals surface area contributed by atoms with Crippen LogP contribution in [-0.4, -0.2) is 36.9 Å². The van der Waals surface area contributed by atoms with E-state index in [1.807, 2.05) is 54.6 Å². The van der Waals surface area contributed by atoms with E-state index in [9.17, 15) is 9.59 Å². The third-order valence-electron chi connectivity index (χ3n) is 5.91. The Hall–Kier alpha value is -3.51. The average molecular weight is 479 g/mol. The fourth-order valence-electron chi connectivity index (χ4n) is 3.95. The zero-order valence-electron chi connectivity index (χ0n) is 19.0. The Morgan fingerprint density at radius 2 is 1.68 bits per heavy atom. The van der Waals surface area contributed by atoms with E-state index in [0.717, 1.165) is 11.3 Å². The molecule has 1 N–H and O–H groups in total. The van der Waals surface area contributed by atoms with Crippen LogP contribution >= 0.6 is 11.6 Å². The third kappa shape index (κ3) is 5.88. The fraction of sp³-hybridized carbons (Fsp3) is 0.259. The molecule has 0 bridgehead atoms. The number of nitrogens with one attached hydrogen (secondary N) is 1. The molecule has 176 valence electrons. The number of hydrogen-bond donors (Lipinski definition) is 1. The van der Waals surface area contributed by atoms with E-state index in [4.69, 9.17) is 21.1 Å². The molecule has 1 aliphatic rings. The molecule has 0 atom stereocenters. The number of para-hydroxylation sites is 1. The zero-order valence-corrected chi connectivity index (χ0v) is 19.8. The van der Waals surface area contributed by atoms with Crippen molar-refractivity contribution in [3.8, 4) is 11.5 Å². The van der Waals surface area contributed by atoms with E-state index < -0.39 is 0 Å². The van der Waals surface area contributed by atoms with E-state index >= 15 is 0 Å². The SMILES string of the molecule is COc1cc(C(=O)N2CCC(C(=O)Nc3ccccc3)CC2)ccc1OCc1ccc(Cl)cc1. The van der Waals surface area contributed by atoms with E-state index in [1.165, 1.54) is 0 Å². The summed E-state index contributed by atoms with van der Waals surface area (Å²) >= 11 is 5.93. The summed E-state index contributed by atoms with van der Waals surface area (Å²) in [6, 6.07) is 22.0. The standard InChI is InChI=1S/C27H27ClN2O4/c1-33-25-17-21(9-12-24(25)34-18-19-7-10-22(28)11-8-19)27(32)30-15-13-20(14-16-30)26(31)29-23-5-3-2-4-6-23/h2-12,17,20H,13-16,18H2,1H3,(H,29,31). The van der Waals surface area contributed by atoms with Gasteiger partial charge in [0.15, 0.2) is 11.5 Å². The van der Waals surface area contributed by atoms with Crippen LogP contribution in [0, 0.1) is 5.92 Å². The summed E-state index contributed by atoms with van der Waals surface area (Å²) in [6.07, 6.45) is 1.26. The lowest BCUT2D eigenvalue weighted by atomic mass is 9.95. The van der Waals surface area contributed by atoms with Gasteiger partial charge in [-0.25, -0.2) is 0 Å². The maximum Gasteiger partial charge on any atom is 0.253 e. The van der Waals surface area contributed by atoms with Crippen LogP contribution in [0.3, 0.4) is 0 Å². The molecular formula is C27H27ClN2O4. The van der Waals surface area contributed by atoms with Crippen molar-refractivity contribution in [1.82, 2.24) is 4.90 Å². The first-order chi connectivity index (χ1) is 16.5. The van der Waals surface area contributed by atoms with Crippen molar-refractivity contribution in [3.63, 3.8) is 0 Å². The van der Waals surface area contributed by atoms with Gasteiger partial charge in [0.1, 0.15) is 6.61 Å². The minimum Gasteiger partial charge on any atom is -0.493 e. The van der Waals surface area contributed by atoms with E-state index in [0.29, 0.717) is 54.6 Å². The molecule has 3 aromatic rings. The van der Waals surface area contributed by atoms with Gasteiger partial charge in [-0.05, 0) is 60.9 Å². The van der Waals surface area contributed by atoms with Crippen molar-refractivity contribution in [1.29, 1.82) is 0 Å². The number of methoxy groups -OCH3 is 1. The summed E-state index contributed by atoms with van der Waals surface area (Å²) in [6.45, 7) is 1.42. The maximum atomic E-state index is 13.1. The zero-order chi connectivity index (χ0) is 23.9. The fourth-order valence-corrected chi connectivity index (χ4v) is 4.08. The monoisotopic (exact) mass is 478 g/mol. The van der Waals surface area contributed by atoms with Gasteiger partial charge in [-0.2, -0.15) is 0 Å². The van der Waals surface area contributed by atoms with Gasteiger partial charge in [0.05, 0.1) is 7.11 Å². The van der Waals surface area contributed by atoms with Crippen LogP contribution in [0.4, 0.5) is 5.69 Å². The van der Waals surface area contributed by atoms with Crippen molar-refractivity contribution in [2.24, 2.45) is 5.92 Å². The molecule has 3 aromatic carbocycles. The van der Waals surface area contributed by atoms with Gasteiger partial charge in [-0.15, -0.1) is 0 Å². The number of likely N-dealkylation sites (tertiary alicyclic amines) is 1. The maximum absolute atomic E-state index is 13.1. The second-order valence-corrected chi connectivity index (χ2v) is 8.64. The highest BCUT2D eigenvalue weighted by Crippen LogP contribution is 2.30. The predicted octanol–water partition coefficient (Wildman–Crippen LogP) is 5.42. The quantitative estimate of drug-likeness (QED) is 0.492. The molecule has 0 aromatic heterocycles. The number of benzene rings is 3. The summed E-state index contributed by atoms with van der Waals surface area (Å²) < 4.78 is 11.4. The highest BCUT2D eigenvalue weighted by atomic mass is 35.5. The summed E-state index contributed by atoms with van der Waals surface area (Å²) in [5, 5.41) is 3.63. The highest BCUT2D eigenvalue weighted by Gasteiger charge is 2.28. The van der Waals surface area contributed by atoms with Crippen LogP contribution in [0.1, 0.15) is 28.8 Å². The molecule has 1 fully saturated rings. The van der Waals surface area contributed by atoms with E-state index in [-0.39, 0.29) is 17.7 Å². The smallest absolute Gasteiger partial charge is 0.253 e. The Bertz CT molecular complexity index is 1130. The number of halogens is 1. The summed E-state index contributed by atoms with van der Waals surface area (Å²) in [5.41, 5.74) is 2.30. The summed E-state index contributed by atoms with van der Waals surface area (Å²) in [4.78, 5) is 27.4. The van der Waals surface area contributed by atoms with Gasteiger partial charge in [0.2, 0.25) is 5.91 Å². The number of ether oxygens (including phenoxy) is 2. The van der Waals surface area contributed by atoms with Crippen molar-refractivity contribution in [3.05, 3.63) is 88.9 Å². The first-order valence-corrected chi connectivity index (χ1v) is 11.6. The number of nitrogens with zero attached hydrogens (tertiary/aromatic N) is 1. The van der Waals surface area contributed by atoms with E-state index in [1.54, 1.807) is 30.2 Å². The lowest BCUT2D eigenvalue weighted by Gasteiger charge is -2.31. The number of piperidine rings is 1. The van der Waals surface area contributed by atoms with Crippen LogP contribution in [0.2, 0.25) is 5.02 Å². The second-order valence-electron chi connectivity index (χ2n) is 8.20. The molecule has 2 amide bonds. The number of carbonyl (C=O) groups is 2. The average Bonchev–Trinajstić information content (AvgIpc) is 2.88. The third-order valence-corrected chi connectivity index (χ3v) is 6.16. The lowest BCUT2D eigenvalue weighted by molar-refractivity contribution is -0.121. The molecule has 0 radical (unpaired) electrons. The van der Waals surface area contributed by atoms with Gasteiger partial charge >= 0.3 is 0 Å². The molecular weight excluding hydrogens is 452 g/mol. The topological polar surface area (TPSA) is 67.9 Å². The minimum absolute atomic E-state index is 0.00200. The van der Waals surface area contributed by atoms with E-state index in [2.05, 4.69) is 5.32 Å². The predicted molar refractivity (Wildman–Crippen MR) is 132 cm³/mol. The van der Waals surface area contributed by atoms with Crippen LogP contribution in [0.25, 0.3) is 0 Å². The second kappa shape index (κ2) is 11.1. The molecule has 6 nitrogen and oxygen atoms in total. The highest BCUT2D eigenvalue weighted by molar-refractivity contribution is 6.30. The van der Waals surface area contributed by atoms with Gasteiger partial charge in [-0.3, -0.25) is 9.59 Å². The van der Waals surface area contributed by atoms with Gasteiger partial charge in [0, 0.05) is 35.3 Å². The number of amides is 2. The minimum atomic E-state index is -0.109. The Balaban J connectivity index is 1.33. The molecule has 7 heteroatoms. The summed E-state index contributed by atoms with van der Waals surface area (Å²) in [5.74, 6) is 0.872. The largest absolute Gasteiger partial charge is 0.493 e. The van der Waals surface area contributed by atoms with Gasteiger partial charge in [0.25, 0.3) is 5.91 Å². The summed E-state index contributed by atoms with van der Waals surface area (Å²) in [7, 11) is 1.55. The molecule has 1 heterocycles. The molecule has 4 rings (SSSR count). The van der Waals surface area contributed by atoms with Crippen molar-refractivity contribution in [2.75, 3.05) is 25.5 Å². The van der Waals surface area contributed by atoms with Crippen molar-refractivity contribution < 1.29 is 19.1 Å². The number of carbonyl (C=O) groups excluding carboxylic acids is 2. The Morgan fingerprint density at radius 1 is 0.971 bits per heavy atom. The van der Waals surface area contributed by atoms with Crippen molar-refractivity contribution >= 4 is 29.1 Å². The van der Waals surface area contributed by atoms with Crippen LogP contribution < -0.4 is 14.8 Å². The molecule has 0 saturated carbocycles. The molecule has 0 aliphatic carbocycles. The molecule has 34 heavy (non-hydrogen) atoms. The normalized spacial score (nSPS) is 13.9. The first-order valence-electron chi connectivity index (χ1n) is 11.2. The van der Waals surface area contributed by atoms with Crippen LogP contribution in [0.15, 0.2) is 72.8 Å². The molecule has 0 spiro atoms. The Labute approximate surface area is 204 Å². The molecule has 0 unspecified atom stereocenters. The number of rotatable bonds is 7. The number of hydrogen-bond acceptors (Lipinski definition) is 4. The van der Waals surface area contributed by atoms with Crippen LogP contribution in [-0.2, 0) is 11.4 Å². The Morgan fingerprint density at radius 3 is 2.35 bits per heavy atom. The lowest BCUT2D eigenvalue weighted by Crippen LogP contribution is -2.41. The Kier molecular flexibility index (Phi) is 7.70. The van der Waals surface area contributed by atoms with Crippen molar-refractivity contribution in [2.45, 2.75) is 19.4 Å². The van der Waals surface area contributed by atoms with Gasteiger partial charge in [-0.1, -0.05) is 41.9 Å². The van der Waals surface area contributed by atoms with Crippen LogP contribution in [0.5, 0.6) is 11.5 Å². The number of anilines is 1.